The van der Waals surface area contributed by atoms with Crippen LogP contribution in [0, 0.1) is 18.3 Å². The molecule has 0 aliphatic carbocycles. The van der Waals surface area contributed by atoms with Gasteiger partial charge in [-0.15, -0.1) is 0 Å². The van der Waals surface area contributed by atoms with E-state index in [1.54, 1.807) is 14.2 Å². The van der Waals surface area contributed by atoms with Crippen LogP contribution in [0.3, 0.4) is 0 Å². The highest BCUT2D eigenvalue weighted by molar-refractivity contribution is 5.46. The minimum Gasteiger partial charge on any atom is -0.496 e. The highest BCUT2D eigenvalue weighted by Crippen LogP contribution is 2.28. The molecule has 0 aromatic heterocycles. The van der Waals surface area contributed by atoms with Crippen molar-refractivity contribution in [2.45, 2.75) is 13.3 Å². The summed E-state index contributed by atoms with van der Waals surface area (Å²) >= 11 is 0. The molecule has 3 heteroatoms. The van der Waals surface area contributed by atoms with Gasteiger partial charge in [-0.05, 0) is 24.6 Å². The van der Waals surface area contributed by atoms with Crippen molar-refractivity contribution in [1.82, 2.24) is 0 Å². The van der Waals surface area contributed by atoms with E-state index in [-0.39, 0.29) is 0 Å². The van der Waals surface area contributed by atoms with Crippen molar-refractivity contribution in [1.29, 1.82) is 5.26 Å². The fourth-order valence-electron chi connectivity index (χ4n) is 1.34. The number of benzene rings is 1. The minimum atomic E-state index is 0.333. The summed E-state index contributed by atoms with van der Waals surface area (Å²) in [7, 11) is 3.22. The van der Waals surface area contributed by atoms with Gasteiger partial charge in [0.1, 0.15) is 11.5 Å². The summed E-state index contributed by atoms with van der Waals surface area (Å²) in [6, 6.07) is 5.82. The van der Waals surface area contributed by atoms with Crippen LogP contribution < -0.4 is 9.47 Å². The molecule has 0 unspecified atom stereocenters. The van der Waals surface area contributed by atoms with Crippen LogP contribution in [0.5, 0.6) is 11.5 Å². The molecule has 0 amide bonds. The van der Waals surface area contributed by atoms with E-state index in [1.165, 1.54) is 0 Å². The fourth-order valence-corrected chi connectivity index (χ4v) is 1.34. The largest absolute Gasteiger partial charge is 0.496 e. The van der Waals surface area contributed by atoms with Gasteiger partial charge in [0.25, 0.3) is 0 Å². The molecular formula is C11H13NO2. The van der Waals surface area contributed by atoms with E-state index < -0.39 is 0 Å². The van der Waals surface area contributed by atoms with Crippen LogP contribution in [0.2, 0.25) is 0 Å². The van der Waals surface area contributed by atoms with Crippen LogP contribution >= 0.6 is 0 Å². The molecule has 0 aliphatic rings. The highest BCUT2D eigenvalue weighted by atomic mass is 16.5. The predicted molar refractivity (Wildman–Crippen MR) is 53.6 cm³/mol. The SMILES string of the molecule is COc1cc(CC#N)c(OC)cc1C. The summed E-state index contributed by atoms with van der Waals surface area (Å²) in [4.78, 5) is 0. The molecular weight excluding hydrogens is 178 g/mol. The summed E-state index contributed by atoms with van der Waals surface area (Å²) in [5, 5.41) is 8.63. The van der Waals surface area contributed by atoms with Gasteiger partial charge in [0.05, 0.1) is 26.7 Å². The lowest BCUT2D eigenvalue weighted by Gasteiger charge is -2.10. The molecule has 0 aliphatic heterocycles. The Morgan fingerprint density at radius 1 is 1.21 bits per heavy atom. The molecule has 0 bridgehead atoms. The van der Waals surface area contributed by atoms with Gasteiger partial charge in [0, 0.05) is 5.56 Å². The van der Waals surface area contributed by atoms with Crippen molar-refractivity contribution >= 4 is 0 Å². The van der Waals surface area contributed by atoms with Crippen molar-refractivity contribution in [3.63, 3.8) is 0 Å². The Bertz CT molecular complexity index is 366. The smallest absolute Gasteiger partial charge is 0.123 e. The molecule has 0 saturated heterocycles. The molecule has 0 N–H and O–H groups in total. The first-order chi connectivity index (χ1) is 6.72. The van der Waals surface area contributed by atoms with E-state index in [9.17, 15) is 0 Å². The Labute approximate surface area is 83.9 Å². The van der Waals surface area contributed by atoms with E-state index in [4.69, 9.17) is 14.7 Å². The van der Waals surface area contributed by atoms with Gasteiger partial charge in [-0.2, -0.15) is 5.26 Å². The zero-order valence-corrected chi connectivity index (χ0v) is 8.63. The van der Waals surface area contributed by atoms with Crippen LogP contribution in [0.4, 0.5) is 0 Å². The Morgan fingerprint density at radius 2 is 1.86 bits per heavy atom. The molecule has 0 atom stereocenters. The first kappa shape index (κ1) is 10.4. The van der Waals surface area contributed by atoms with Crippen molar-refractivity contribution in [3.05, 3.63) is 23.3 Å². The van der Waals surface area contributed by atoms with Gasteiger partial charge < -0.3 is 9.47 Å². The maximum Gasteiger partial charge on any atom is 0.123 e. The van der Waals surface area contributed by atoms with Crippen LogP contribution in [-0.2, 0) is 6.42 Å². The van der Waals surface area contributed by atoms with Gasteiger partial charge in [0.2, 0.25) is 0 Å². The number of nitrogens with zero attached hydrogens (tertiary/aromatic N) is 1. The van der Waals surface area contributed by atoms with Gasteiger partial charge in [0.15, 0.2) is 0 Å². The average molecular weight is 191 g/mol. The van der Waals surface area contributed by atoms with Crippen LogP contribution in [0.25, 0.3) is 0 Å². The number of ether oxygens (including phenoxy) is 2. The molecule has 1 aromatic rings. The average Bonchev–Trinajstić information content (AvgIpc) is 2.20. The van der Waals surface area contributed by atoms with Gasteiger partial charge >= 0.3 is 0 Å². The highest BCUT2D eigenvalue weighted by Gasteiger charge is 2.07. The topological polar surface area (TPSA) is 42.2 Å². The van der Waals surface area contributed by atoms with Crippen LogP contribution in [0.1, 0.15) is 11.1 Å². The third-order valence-corrected chi connectivity index (χ3v) is 2.07. The molecule has 0 radical (unpaired) electrons. The molecule has 74 valence electrons. The normalized spacial score (nSPS) is 9.29. The monoisotopic (exact) mass is 191 g/mol. The third kappa shape index (κ3) is 1.97. The maximum atomic E-state index is 8.63. The Hall–Kier alpha value is -1.69. The number of hydrogen-bond donors (Lipinski definition) is 0. The molecule has 0 saturated carbocycles. The summed E-state index contributed by atoms with van der Waals surface area (Å²) < 4.78 is 10.3. The summed E-state index contributed by atoms with van der Waals surface area (Å²) in [5.41, 5.74) is 1.86. The quantitative estimate of drug-likeness (QED) is 0.734. The minimum absolute atomic E-state index is 0.333. The van der Waals surface area contributed by atoms with Gasteiger partial charge in [-0.1, -0.05) is 0 Å². The fraction of sp³-hybridized carbons (Fsp3) is 0.364. The summed E-state index contributed by atoms with van der Waals surface area (Å²) in [6.07, 6.45) is 0.333. The maximum absolute atomic E-state index is 8.63. The third-order valence-electron chi connectivity index (χ3n) is 2.07. The van der Waals surface area contributed by atoms with Gasteiger partial charge in [-0.25, -0.2) is 0 Å². The number of nitriles is 1. The number of rotatable bonds is 3. The Kier molecular flexibility index (Phi) is 3.35. The predicted octanol–water partition coefficient (Wildman–Crippen LogP) is 2.08. The lowest BCUT2D eigenvalue weighted by Crippen LogP contribution is -1.95. The second-order valence-corrected chi connectivity index (χ2v) is 2.97. The Balaban J connectivity index is 3.19. The standard InChI is InChI=1S/C11H13NO2/c1-8-6-11(14-3)9(4-5-12)7-10(8)13-2/h6-7H,4H2,1-3H3. The molecule has 0 fully saturated rings. The first-order valence-corrected chi connectivity index (χ1v) is 4.31. The van der Waals surface area contributed by atoms with E-state index in [0.29, 0.717) is 6.42 Å². The van der Waals surface area contributed by atoms with Crippen molar-refractivity contribution in [2.24, 2.45) is 0 Å². The van der Waals surface area contributed by atoms with E-state index >= 15 is 0 Å². The van der Waals surface area contributed by atoms with E-state index in [1.807, 2.05) is 19.1 Å². The summed E-state index contributed by atoms with van der Waals surface area (Å²) in [5.74, 6) is 1.53. The molecule has 14 heavy (non-hydrogen) atoms. The zero-order valence-electron chi connectivity index (χ0n) is 8.63. The molecule has 1 rings (SSSR count). The van der Waals surface area contributed by atoms with E-state index in [0.717, 1.165) is 22.6 Å². The molecule has 0 spiro atoms. The first-order valence-electron chi connectivity index (χ1n) is 4.31. The molecule has 3 nitrogen and oxygen atoms in total. The second-order valence-electron chi connectivity index (χ2n) is 2.97. The Morgan fingerprint density at radius 3 is 2.36 bits per heavy atom. The summed E-state index contributed by atoms with van der Waals surface area (Å²) in [6.45, 7) is 1.94. The van der Waals surface area contributed by atoms with Crippen LogP contribution in [0.15, 0.2) is 12.1 Å². The molecule has 1 aromatic carbocycles. The lowest BCUT2D eigenvalue weighted by atomic mass is 10.1. The number of hydrogen-bond acceptors (Lipinski definition) is 3. The number of methoxy groups -OCH3 is 2. The zero-order chi connectivity index (χ0) is 10.6. The van der Waals surface area contributed by atoms with E-state index in [2.05, 4.69) is 6.07 Å². The van der Waals surface area contributed by atoms with Crippen molar-refractivity contribution < 1.29 is 9.47 Å². The van der Waals surface area contributed by atoms with Crippen molar-refractivity contribution in [3.8, 4) is 17.6 Å². The van der Waals surface area contributed by atoms with Crippen LogP contribution in [-0.4, -0.2) is 14.2 Å². The second kappa shape index (κ2) is 4.52. The molecule has 0 heterocycles. The van der Waals surface area contributed by atoms with Gasteiger partial charge in [-0.3, -0.25) is 0 Å². The number of aryl methyl sites for hydroxylation is 1. The van der Waals surface area contributed by atoms with Crippen molar-refractivity contribution in [2.75, 3.05) is 14.2 Å². The lowest BCUT2D eigenvalue weighted by molar-refractivity contribution is 0.397.